The molecule has 92 valence electrons. The Morgan fingerprint density at radius 3 is 2.59 bits per heavy atom. The van der Waals surface area contributed by atoms with Crippen LogP contribution in [-0.2, 0) is 10.2 Å². The molecule has 17 heavy (non-hydrogen) atoms. The van der Waals surface area contributed by atoms with E-state index in [9.17, 15) is 14.3 Å². The number of hydrogen-bond acceptors (Lipinski definition) is 2. The number of thioether (sulfide) groups is 1. The van der Waals surface area contributed by atoms with Gasteiger partial charge in [0.1, 0.15) is 5.82 Å². The third kappa shape index (κ3) is 2.06. The van der Waals surface area contributed by atoms with E-state index in [-0.39, 0.29) is 5.82 Å². The number of halogens is 1. The van der Waals surface area contributed by atoms with Gasteiger partial charge in [-0.05, 0) is 42.9 Å². The van der Waals surface area contributed by atoms with Gasteiger partial charge < -0.3 is 5.11 Å². The lowest BCUT2D eigenvalue weighted by Crippen LogP contribution is -2.33. The van der Waals surface area contributed by atoms with Gasteiger partial charge in [0.25, 0.3) is 0 Å². The third-order valence-electron chi connectivity index (χ3n) is 3.54. The van der Waals surface area contributed by atoms with Gasteiger partial charge in [-0.2, -0.15) is 0 Å². The minimum absolute atomic E-state index is 0.356. The molecule has 0 amide bonds. The van der Waals surface area contributed by atoms with Gasteiger partial charge in [0.05, 0.1) is 5.41 Å². The molecule has 1 aliphatic rings. The summed E-state index contributed by atoms with van der Waals surface area (Å²) in [5, 5.41) is 9.50. The van der Waals surface area contributed by atoms with E-state index >= 15 is 0 Å². The summed E-state index contributed by atoms with van der Waals surface area (Å²) in [6, 6.07) is 4.46. The van der Waals surface area contributed by atoms with E-state index in [1.807, 2.05) is 6.26 Å². The largest absolute Gasteiger partial charge is 0.481 e. The van der Waals surface area contributed by atoms with E-state index in [0.717, 1.165) is 17.7 Å². The number of rotatable bonds is 3. The first-order chi connectivity index (χ1) is 8.10. The minimum atomic E-state index is -0.875. The molecule has 0 aromatic heterocycles. The highest BCUT2D eigenvalue weighted by Gasteiger charge is 2.44. The maximum absolute atomic E-state index is 13.4. The highest BCUT2D eigenvalue weighted by molar-refractivity contribution is 7.98. The van der Waals surface area contributed by atoms with Gasteiger partial charge in [-0.1, -0.05) is 12.8 Å². The highest BCUT2D eigenvalue weighted by atomic mass is 32.2. The molecule has 0 aliphatic heterocycles. The Morgan fingerprint density at radius 1 is 1.41 bits per heavy atom. The van der Waals surface area contributed by atoms with E-state index in [1.165, 1.54) is 23.9 Å². The lowest BCUT2D eigenvalue weighted by molar-refractivity contribution is -0.143. The minimum Gasteiger partial charge on any atom is -0.481 e. The molecule has 2 rings (SSSR count). The van der Waals surface area contributed by atoms with Crippen LogP contribution in [0, 0.1) is 5.82 Å². The molecule has 0 heterocycles. The Labute approximate surface area is 104 Å². The van der Waals surface area contributed by atoms with Crippen LogP contribution in [0.5, 0.6) is 0 Å². The second kappa shape index (κ2) is 4.69. The van der Waals surface area contributed by atoms with Crippen LogP contribution >= 0.6 is 11.8 Å². The quantitative estimate of drug-likeness (QED) is 0.839. The van der Waals surface area contributed by atoms with Gasteiger partial charge in [0.15, 0.2) is 0 Å². The molecule has 1 aliphatic carbocycles. The molecule has 0 bridgehead atoms. The average Bonchev–Trinajstić information content (AvgIpc) is 2.79. The van der Waals surface area contributed by atoms with Gasteiger partial charge in [0, 0.05) is 4.90 Å². The molecule has 0 unspecified atom stereocenters. The summed E-state index contributed by atoms with van der Waals surface area (Å²) in [6.07, 6.45) is 4.91. The molecule has 0 saturated heterocycles. The summed E-state index contributed by atoms with van der Waals surface area (Å²) in [5.74, 6) is -1.18. The Balaban J connectivity index is 2.56. The van der Waals surface area contributed by atoms with Crippen molar-refractivity contribution in [1.29, 1.82) is 0 Å². The molecule has 1 aromatic carbocycles. The van der Waals surface area contributed by atoms with E-state index in [1.54, 1.807) is 6.07 Å². The number of carbonyl (C=O) groups is 1. The summed E-state index contributed by atoms with van der Waals surface area (Å²) in [5.41, 5.74) is -0.226. The third-order valence-corrected chi connectivity index (χ3v) is 4.34. The maximum Gasteiger partial charge on any atom is 0.314 e. The van der Waals surface area contributed by atoms with Crippen LogP contribution in [0.2, 0.25) is 0 Å². The molecule has 2 nitrogen and oxygen atoms in total. The van der Waals surface area contributed by atoms with Crippen molar-refractivity contribution in [1.82, 2.24) is 0 Å². The zero-order valence-corrected chi connectivity index (χ0v) is 10.5. The van der Waals surface area contributed by atoms with Crippen molar-refractivity contribution in [2.24, 2.45) is 0 Å². The number of aliphatic carboxylic acids is 1. The first-order valence-electron chi connectivity index (χ1n) is 5.67. The monoisotopic (exact) mass is 254 g/mol. The molecular formula is C13H15FO2S. The first kappa shape index (κ1) is 12.4. The Kier molecular flexibility index (Phi) is 3.43. The topological polar surface area (TPSA) is 37.3 Å². The Hall–Kier alpha value is -1.03. The van der Waals surface area contributed by atoms with Crippen molar-refractivity contribution < 1.29 is 14.3 Å². The molecule has 0 radical (unpaired) electrons. The fourth-order valence-electron chi connectivity index (χ4n) is 2.63. The fraction of sp³-hybridized carbons (Fsp3) is 0.462. The van der Waals surface area contributed by atoms with Crippen molar-refractivity contribution in [3.8, 4) is 0 Å². The van der Waals surface area contributed by atoms with Crippen LogP contribution in [0.1, 0.15) is 31.2 Å². The van der Waals surface area contributed by atoms with Gasteiger partial charge in [-0.3, -0.25) is 4.79 Å². The zero-order chi connectivity index (χ0) is 12.5. The van der Waals surface area contributed by atoms with Crippen molar-refractivity contribution in [3.63, 3.8) is 0 Å². The van der Waals surface area contributed by atoms with Crippen LogP contribution in [0.3, 0.4) is 0 Å². The van der Waals surface area contributed by atoms with Crippen LogP contribution in [0.15, 0.2) is 23.1 Å². The molecule has 1 fully saturated rings. The van der Waals surface area contributed by atoms with E-state index < -0.39 is 11.4 Å². The summed E-state index contributed by atoms with van der Waals surface area (Å²) in [4.78, 5) is 12.4. The normalized spacial score (nSPS) is 18.2. The highest BCUT2D eigenvalue weighted by Crippen LogP contribution is 2.44. The fourth-order valence-corrected chi connectivity index (χ4v) is 3.31. The smallest absolute Gasteiger partial charge is 0.314 e. The summed E-state index contributed by atoms with van der Waals surface area (Å²) in [6.45, 7) is 0. The van der Waals surface area contributed by atoms with Crippen molar-refractivity contribution in [3.05, 3.63) is 29.6 Å². The summed E-state index contributed by atoms with van der Waals surface area (Å²) in [7, 11) is 0. The molecule has 0 atom stereocenters. The standard InChI is InChI=1S/C13H15FO2S/c1-17-11-5-4-9(14)8-10(11)13(12(15)16)6-2-3-7-13/h4-5,8H,2-3,6-7H2,1H3,(H,15,16). The van der Waals surface area contributed by atoms with Gasteiger partial charge in [-0.15, -0.1) is 11.8 Å². The zero-order valence-electron chi connectivity index (χ0n) is 9.70. The van der Waals surface area contributed by atoms with Crippen LogP contribution in [0.25, 0.3) is 0 Å². The van der Waals surface area contributed by atoms with Crippen LogP contribution < -0.4 is 0 Å². The second-order valence-electron chi connectivity index (χ2n) is 4.44. The predicted molar refractivity (Wildman–Crippen MR) is 66.0 cm³/mol. The van der Waals surface area contributed by atoms with Crippen LogP contribution in [-0.4, -0.2) is 17.3 Å². The number of hydrogen-bond donors (Lipinski definition) is 1. The van der Waals surface area contributed by atoms with Crippen LogP contribution in [0.4, 0.5) is 4.39 Å². The molecule has 0 spiro atoms. The Bertz CT molecular complexity index is 439. The van der Waals surface area contributed by atoms with Crippen molar-refractivity contribution >= 4 is 17.7 Å². The van der Waals surface area contributed by atoms with E-state index in [0.29, 0.717) is 18.4 Å². The van der Waals surface area contributed by atoms with Gasteiger partial charge in [0.2, 0.25) is 0 Å². The number of carboxylic acids is 1. The van der Waals surface area contributed by atoms with Gasteiger partial charge in [-0.25, -0.2) is 4.39 Å². The number of benzene rings is 1. The average molecular weight is 254 g/mol. The van der Waals surface area contributed by atoms with E-state index in [2.05, 4.69) is 0 Å². The Morgan fingerprint density at radius 2 is 2.06 bits per heavy atom. The van der Waals surface area contributed by atoms with E-state index in [4.69, 9.17) is 0 Å². The molecule has 4 heteroatoms. The molecule has 1 saturated carbocycles. The van der Waals surface area contributed by atoms with Gasteiger partial charge >= 0.3 is 5.97 Å². The SMILES string of the molecule is CSc1ccc(F)cc1C1(C(=O)O)CCCC1. The first-order valence-corrected chi connectivity index (χ1v) is 6.90. The predicted octanol–water partition coefficient (Wildman–Crippen LogP) is 3.44. The van der Waals surface area contributed by atoms with Crippen molar-refractivity contribution in [2.75, 3.05) is 6.26 Å². The molecule has 1 N–H and O–H groups in total. The molecule has 1 aromatic rings. The van der Waals surface area contributed by atoms with Crippen molar-refractivity contribution in [2.45, 2.75) is 36.0 Å². The lowest BCUT2D eigenvalue weighted by Gasteiger charge is -2.26. The lowest BCUT2D eigenvalue weighted by atomic mass is 9.79. The maximum atomic E-state index is 13.4. The summed E-state index contributed by atoms with van der Waals surface area (Å²) >= 11 is 1.48. The number of carboxylic acid groups (broad SMARTS) is 1. The molecular weight excluding hydrogens is 239 g/mol. The second-order valence-corrected chi connectivity index (χ2v) is 5.29. The summed E-state index contributed by atoms with van der Waals surface area (Å²) < 4.78 is 13.4.